The first-order valence-corrected chi connectivity index (χ1v) is 11.7. The molecule has 182 valence electrons. The molecule has 0 saturated heterocycles. The third-order valence-corrected chi connectivity index (χ3v) is 6.31. The summed E-state index contributed by atoms with van der Waals surface area (Å²) in [6, 6.07) is 18.9. The van der Waals surface area contributed by atoms with Crippen LogP contribution in [-0.4, -0.2) is 58.7 Å². The molecule has 0 spiro atoms. The molecule has 4 rings (SSSR count). The topological polar surface area (TPSA) is 112 Å². The summed E-state index contributed by atoms with van der Waals surface area (Å²) < 4.78 is 5.63. The molecule has 1 aliphatic rings. The van der Waals surface area contributed by atoms with Crippen LogP contribution < -0.4 is 5.32 Å². The van der Waals surface area contributed by atoms with Crippen LogP contribution in [0.3, 0.4) is 0 Å². The van der Waals surface area contributed by atoms with E-state index in [0.717, 1.165) is 27.9 Å². The second-order valence-corrected chi connectivity index (χ2v) is 8.48. The number of likely N-dealkylation sites (N-methyl/N-ethyl adjacent to an activating group) is 1. The third-order valence-electron chi connectivity index (χ3n) is 6.31. The highest BCUT2D eigenvalue weighted by Crippen LogP contribution is 2.44. The van der Waals surface area contributed by atoms with E-state index in [0.29, 0.717) is 6.54 Å². The molecule has 0 saturated carbocycles. The minimum absolute atomic E-state index is 0.0677. The lowest BCUT2D eigenvalue weighted by Crippen LogP contribution is -2.50. The first-order valence-electron chi connectivity index (χ1n) is 11.7. The monoisotopic (exact) mass is 475 g/mol. The quantitative estimate of drug-likeness (QED) is 0.413. The van der Waals surface area contributed by atoms with Gasteiger partial charge in [-0.25, -0.2) is 4.79 Å². The maximum atomic E-state index is 13.2. The van der Waals surface area contributed by atoms with Crippen LogP contribution >= 0.6 is 0 Å². The Kier molecular flexibility index (Phi) is 7.50. The molecular formula is C27H29N3O5. The van der Waals surface area contributed by atoms with E-state index >= 15 is 0 Å². The molecule has 1 aromatic heterocycles. The zero-order valence-electron chi connectivity index (χ0n) is 19.6. The van der Waals surface area contributed by atoms with Crippen molar-refractivity contribution in [3.63, 3.8) is 0 Å². The molecule has 0 bridgehead atoms. The van der Waals surface area contributed by atoms with Crippen molar-refractivity contribution in [3.05, 3.63) is 83.7 Å². The van der Waals surface area contributed by atoms with Gasteiger partial charge in [-0.1, -0.05) is 48.5 Å². The Morgan fingerprint density at radius 1 is 1.03 bits per heavy atom. The lowest BCUT2D eigenvalue weighted by atomic mass is 9.98. The number of carboxylic acid groups (broad SMARTS) is 1. The van der Waals surface area contributed by atoms with Gasteiger partial charge in [-0.2, -0.15) is 0 Å². The van der Waals surface area contributed by atoms with Gasteiger partial charge in [0.25, 0.3) is 0 Å². The smallest absolute Gasteiger partial charge is 0.407 e. The summed E-state index contributed by atoms with van der Waals surface area (Å²) in [7, 11) is 0. The fourth-order valence-corrected chi connectivity index (χ4v) is 4.57. The number of H-pyrrole nitrogens is 1. The molecular weight excluding hydrogens is 446 g/mol. The van der Waals surface area contributed by atoms with Gasteiger partial charge in [0, 0.05) is 37.3 Å². The van der Waals surface area contributed by atoms with Crippen molar-refractivity contribution in [1.29, 1.82) is 0 Å². The Hall–Kier alpha value is -4.07. The van der Waals surface area contributed by atoms with E-state index in [1.807, 2.05) is 48.5 Å². The first kappa shape index (κ1) is 24.1. The Morgan fingerprint density at radius 2 is 1.69 bits per heavy atom. The Morgan fingerprint density at radius 3 is 2.26 bits per heavy atom. The second kappa shape index (κ2) is 10.9. The molecule has 1 aliphatic carbocycles. The maximum Gasteiger partial charge on any atom is 0.407 e. The summed E-state index contributed by atoms with van der Waals surface area (Å²) in [5, 5.41) is 11.7. The number of carboxylic acids is 1. The molecule has 0 radical (unpaired) electrons. The lowest BCUT2D eigenvalue weighted by molar-refractivity contribution is -0.139. The minimum atomic E-state index is -0.985. The average Bonchev–Trinajstić information content (AvgIpc) is 3.48. The van der Waals surface area contributed by atoms with Crippen molar-refractivity contribution in [3.8, 4) is 11.1 Å². The molecule has 1 atom stereocenters. The number of nitrogens with zero attached hydrogens (tertiary/aromatic N) is 1. The molecule has 0 aliphatic heterocycles. The zero-order chi connectivity index (χ0) is 24.8. The minimum Gasteiger partial charge on any atom is -0.481 e. The van der Waals surface area contributed by atoms with Gasteiger partial charge in [-0.05, 0) is 41.3 Å². The van der Waals surface area contributed by atoms with E-state index in [1.165, 1.54) is 4.90 Å². The number of fused-ring (bicyclic) bond motifs is 3. The standard InChI is InChI=1S/C27H29N3O5/c1-2-30(15-13-25(31)32)26(33)24(16-18-8-7-14-28-18)29-27(34)35-17-23-21-11-5-3-9-19(21)20-10-4-6-12-22(20)23/h3-12,14,23-24,28H,2,13,15-17H2,1H3,(H,29,34)(H,31,32). The van der Waals surface area contributed by atoms with Gasteiger partial charge < -0.3 is 25.0 Å². The van der Waals surface area contributed by atoms with Crippen molar-refractivity contribution in [2.24, 2.45) is 0 Å². The molecule has 1 heterocycles. The van der Waals surface area contributed by atoms with Crippen LogP contribution in [0.2, 0.25) is 0 Å². The van der Waals surface area contributed by atoms with E-state index in [-0.39, 0.29) is 37.8 Å². The molecule has 3 N–H and O–H groups in total. The number of benzene rings is 2. The van der Waals surface area contributed by atoms with Gasteiger partial charge >= 0.3 is 12.1 Å². The number of carbonyl (C=O) groups excluding carboxylic acids is 2. The van der Waals surface area contributed by atoms with Gasteiger partial charge in [-0.15, -0.1) is 0 Å². The van der Waals surface area contributed by atoms with Crippen LogP contribution in [-0.2, 0) is 20.7 Å². The predicted molar refractivity (Wildman–Crippen MR) is 131 cm³/mol. The average molecular weight is 476 g/mol. The van der Waals surface area contributed by atoms with E-state index in [1.54, 1.807) is 13.1 Å². The fraction of sp³-hybridized carbons (Fsp3) is 0.296. The van der Waals surface area contributed by atoms with Gasteiger partial charge in [0.15, 0.2) is 0 Å². The number of ether oxygens (including phenoxy) is 1. The van der Waals surface area contributed by atoms with Gasteiger partial charge in [0.1, 0.15) is 12.6 Å². The number of hydrogen-bond acceptors (Lipinski definition) is 4. The van der Waals surface area contributed by atoms with Crippen LogP contribution in [0.1, 0.15) is 36.1 Å². The normalized spacial score (nSPS) is 12.9. The highest BCUT2D eigenvalue weighted by atomic mass is 16.5. The van der Waals surface area contributed by atoms with E-state index < -0.39 is 18.1 Å². The number of aliphatic carboxylic acids is 1. The summed E-state index contributed by atoms with van der Waals surface area (Å²) in [5.74, 6) is -1.42. The summed E-state index contributed by atoms with van der Waals surface area (Å²) >= 11 is 0. The molecule has 1 unspecified atom stereocenters. The molecule has 3 aromatic rings. The van der Waals surface area contributed by atoms with E-state index in [2.05, 4.69) is 22.4 Å². The highest BCUT2D eigenvalue weighted by molar-refractivity contribution is 5.86. The number of aromatic amines is 1. The first-order chi connectivity index (χ1) is 17.0. The number of alkyl carbamates (subject to hydrolysis) is 1. The van der Waals surface area contributed by atoms with E-state index in [4.69, 9.17) is 9.84 Å². The molecule has 8 nitrogen and oxygen atoms in total. The molecule has 0 fully saturated rings. The fourth-order valence-electron chi connectivity index (χ4n) is 4.57. The highest BCUT2D eigenvalue weighted by Gasteiger charge is 2.31. The van der Waals surface area contributed by atoms with Crippen molar-refractivity contribution in [1.82, 2.24) is 15.2 Å². The van der Waals surface area contributed by atoms with Gasteiger partial charge in [-0.3, -0.25) is 9.59 Å². The van der Waals surface area contributed by atoms with Crippen LogP contribution in [0.4, 0.5) is 4.79 Å². The molecule has 35 heavy (non-hydrogen) atoms. The summed E-state index contributed by atoms with van der Waals surface area (Å²) in [4.78, 5) is 41.5. The SMILES string of the molecule is CCN(CCC(=O)O)C(=O)C(Cc1ccc[nH]1)NC(=O)OCC1c2ccccc2-c2ccccc21. The third kappa shape index (κ3) is 5.54. The maximum absolute atomic E-state index is 13.2. The predicted octanol–water partition coefficient (Wildman–Crippen LogP) is 3.79. The van der Waals surface area contributed by atoms with Gasteiger partial charge in [0.05, 0.1) is 6.42 Å². The van der Waals surface area contributed by atoms with Crippen LogP contribution in [0, 0.1) is 0 Å². The van der Waals surface area contributed by atoms with Crippen LogP contribution in [0.25, 0.3) is 11.1 Å². The summed E-state index contributed by atoms with van der Waals surface area (Å²) in [6.45, 7) is 2.32. The summed E-state index contributed by atoms with van der Waals surface area (Å²) in [5.41, 5.74) is 5.25. The van der Waals surface area contributed by atoms with Crippen LogP contribution in [0.15, 0.2) is 66.9 Å². The molecule has 8 heteroatoms. The summed E-state index contributed by atoms with van der Waals surface area (Å²) in [6.07, 6.45) is 1.12. The second-order valence-electron chi connectivity index (χ2n) is 8.48. The zero-order valence-corrected chi connectivity index (χ0v) is 19.6. The van der Waals surface area contributed by atoms with E-state index in [9.17, 15) is 14.4 Å². The Bertz CT molecular complexity index is 1150. The van der Waals surface area contributed by atoms with Crippen molar-refractivity contribution in [2.75, 3.05) is 19.7 Å². The van der Waals surface area contributed by atoms with Crippen molar-refractivity contribution >= 4 is 18.0 Å². The molecule has 2 aromatic carbocycles. The number of aromatic nitrogens is 1. The number of carbonyl (C=O) groups is 3. The Labute approximate surface area is 203 Å². The number of amides is 2. The van der Waals surface area contributed by atoms with Crippen molar-refractivity contribution < 1.29 is 24.2 Å². The molecule has 2 amide bonds. The lowest BCUT2D eigenvalue weighted by Gasteiger charge is -2.26. The van der Waals surface area contributed by atoms with Gasteiger partial charge in [0.2, 0.25) is 5.91 Å². The number of hydrogen-bond donors (Lipinski definition) is 3. The number of rotatable bonds is 10. The number of nitrogens with one attached hydrogen (secondary N) is 2. The Balaban J connectivity index is 1.45. The van der Waals surface area contributed by atoms with Crippen LogP contribution in [0.5, 0.6) is 0 Å². The largest absolute Gasteiger partial charge is 0.481 e. The van der Waals surface area contributed by atoms with Crippen molar-refractivity contribution in [2.45, 2.75) is 31.7 Å².